The molecular formula is C11H17BrN2OS. The summed E-state index contributed by atoms with van der Waals surface area (Å²) >= 11 is 5.06. The van der Waals surface area contributed by atoms with Crippen LogP contribution >= 0.6 is 27.3 Å². The number of halogens is 1. The predicted octanol–water partition coefficient (Wildman–Crippen LogP) is 2.60. The molecule has 0 spiro atoms. The van der Waals surface area contributed by atoms with Gasteiger partial charge in [-0.25, -0.2) is 0 Å². The summed E-state index contributed by atoms with van der Waals surface area (Å²) < 4.78 is 1.09. The fraction of sp³-hybridized carbons (Fsp3) is 0.545. The van der Waals surface area contributed by atoms with Crippen molar-refractivity contribution in [2.75, 3.05) is 6.54 Å². The van der Waals surface area contributed by atoms with Crippen molar-refractivity contribution in [3.8, 4) is 0 Å². The molecule has 16 heavy (non-hydrogen) atoms. The van der Waals surface area contributed by atoms with Gasteiger partial charge < -0.3 is 10.6 Å². The van der Waals surface area contributed by atoms with Gasteiger partial charge in [0.05, 0.1) is 16.4 Å². The molecule has 0 aliphatic carbocycles. The lowest BCUT2D eigenvalue weighted by molar-refractivity contribution is -0.133. The lowest BCUT2D eigenvalue weighted by atomic mass is 10.2. The molecule has 1 rings (SSSR count). The highest BCUT2D eigenvalue weighted by atomic mass is 79.9. The topological polar surface area (TPSA) is 46.3 Å². The van der Waals surface area contributed by atoms with E-state index in [1.807, 2.05) is 26.0 Å². The van der Waals surface area contributed by atoms with E-state index in [9.17, 15) is 4.79 Å². The van der Waals surface area contributed by atoms with E-state index in [-0.39, 0.29) is 11.9 Å². The van der Waals surface area contributed by atoms with Crippen molar-refractivity contribution in [1.82, 2.24) is 4.90 Å². The maximum atomic E-state index is 11.9. The van der Waals surface area contributed by atoms with E-state index in [2.05, 4.69) is 15.9 Å². The highest BCUT2D eigenvalue weighted by molar-refractivity contribution is 9.11. The third-order valence-electron chi connectivity index (χ3n) is 2.43. The van der Waals surface area contributed by atoms with Gasteiger partial charge in [0.25, 0.3) is 0 Å². The Morgan fingerprint density at radius 1 is 1.56 bits per heavy atom. The fourth-order valence-corrected chi connectivity index (χ4v) is 2.88. The van der Waals surface area contributed by atoms with Crippen LogP contribution < -0.4 is 5.73 Å². The van der Waals surface area contributed by atoms with Gasteiger partial charge in [-0.15, -0.1) is 11.3 Å². The number of carbonyl (C=O) groups is 1. The largest absolute Gasteiger partial charge is 0.336 e. The van der Waals surface area contributed by atoms with Gasteiger partial charge in [-0.05, 0) is 41.4 Å². The van der Waals surface area contributed by atoms with Gasteiger partial charge in [0.15, 0.2) is 0 Å². The molecule has 0 aliphatic rings. The van der Waals surface area contributed by atoms with E-state index in [0.29, 0.717) is 19.5 Å². The van der Waals surface area contributed by atoms with Gasteiger partial charge in [0, 0.05) is 11.4 Å². The number of likely N-dealkylation sites (N-methyl/N-ethyl adjacent to an activating group) is 1. The van der Waals surface area contributed by atoms with Crippen molar-refractivity contribution >= 4 is 33.2 Å². The van der Waals surface area contributed by atoms with E-state index in [4.69, 9.17) is 5.73 Å². The van der Waals surface area contributed by atoms with Gasteiger partial charge >= 0.3 is 0 Å². The smallest absolute Gasteiger partial charge is 0.239 e. The predicted molar refractivity (Wildman–Crippen MR) is 71.4 cm³/mol. The van der Waals surface area contributed by atoms with Crippen LogP contribution in [-0.2, 0) is 11.3 Å². The van der Waals surface area contributed by atoms with Crippen LogP contribution in [0.4, 0.5) is 0 Å². The number of thiophene rings is 1. The van der Waals surface area contributed by atoms with E-state index in [1.54, 1.807) is 16.2 Å². The quantitative estimate of drug-likeness (QED) is 0.909. The van der Waals surface area contributed by atoms with Gasteiger partial charge in [-0.2, -0.15) is 0 Å². The van der Waals surface area contributed by atoms with Crippen molar-refractivity contribution in [2.24, 2.45) is 5.73 Å². The van der Waals surface area contributed by atoms with Crippen molar-refractivity contribution in [1.29, 1.82) is 0 Å². The third kappa shape index (κ3) is 3.57. The van der Waals surface area contributed by atoms with Crippen LogP contribution in [0.15, 0.2) is 15.9 Å². The summed E-state index contributed by atoms with van der Waals surface area (Å²) in [5.74, 6) is 0.0366. The zero-order valence-electron chi connectivity index (χ0n) is 9.57. The van der Waals surface area contributed by atoms with Crippen LogP contribution in [0.5, 0.6) is 0 Å². The Kier molecular flexibility index (Phi) is 5.44. The number of nitrogens with zero attached hydrogens (tertiary/aromatic N) is 1. The van der Waals surface area contributed by atoms with Crippen molar-refractivity contribution < 1.29 is 4.79 Å². The zero-order valence-corrected chi connectivity index (χ0v) is 12.0. The lowest BCUT2D eigenvalue weighted by Crippen LogP contribution is -2.42. The molecule has 90 valence electrons. The van der Waals surface area contributed by atoms with Crippen LogP contribution in [0.2, 0.25) is 0 Å². The van der Waals surface area contributed by atoms with Crippen LogP contribution in [0.1, 0.15) is 25.1 Å². The molecule has 0 bridgehead atoms. The first-order valence-electron chi connectivity index (χ1n) is 5.37. The highest BCUT2D eigenvalue weighted by Gasteiger charge is 2.18. The van der Waals surface area contributed by atoms with Crippen molar-refractivity contribution in [3.05, 3.63) is 20.8 Å². The molecule has 1 aromatic rings. The summed E-state index contributed by atoms with van der Waals surface area (Å²) in [4.78, 5) is 14.9. The van der Waals surface area contributed by atoms with Gasteiger partial charge in [0.2, 0.25) is 5.91 Å². The maximum absolute atomic E-state index is 11.9. The number of carbonyl (C=O) groups excluding carboxylic acids is 1. The van der Waals surface area contributed by atoms with Gasteiger partial charge in [-0.3, -0.25) is 4.79 Å². The fourth-order valence-electron chi connectivity index (χ4n) is 1.38. The first kappa shape index (κ1) is 13.7. The molecule has 1 amide bonds. The Hall–Kier alpha value is -0.390. The molecule has 0 saturated carbocycles. The van der Waals surface area contributed by atoms with E-state index < -0.39 is 0 Å². The minimum atomic E-state index is -0.372. The molecule has 3 nitrogen and oxygen atoms in total. The summed E-state index contributed by atoms with van der Waals surface area (Å²) in [6, 6.07) is 3.66. The molecule has 1 atom stereocenters. The number of hydrogen-bond acceptors (Lipinski definition) is 3. The monoisotopic (exact) mass is 304 g/mol. The van der Waals surface area contributed by atoms with Crippen LogP contribution in [0, 0.1) is 0 Å². The van der Waals surface area contributed by atoms with Gasteiger partial charge in [0.1, 0.15) is 0 Å². The third-order valence-corrected chi connectivity index (χ3v) is 4.03. The summed E-state index contributed by atoms with van der Waals surface area (Å²) in [6.07, 6.45) is 0.684. The Morgan fingerprint density at radius 2 is 2.25 bits per heavy atom. The minimum Gasteiger partial charge on any atom is -0.336 e. The van der Waals surface area contributed by atoms with Crippen LogP contribution in [-0.4, -0.2) is 23.4 Å². The molecule has 0 aromatic carbocycles. The molecule has 0 aliphatic heterocycles. The molecule has 0 fully saturated rings. The number of nitrogens with two attached hydrogens (primary N) is 1. The van der Waals surface area contributed by atoms with Crippen LogP contribution in [0.25, 0.3) is 0 Å². The van der Waals surface area contributed by atoms with E-state index in [1.165, 1.54) is 4.88 Å². The Labute approximate surface area is 109 Å². The second-order valence-corrected chi connectivity index (χ2v) is 6.12. The Morgan fingerprint density at radius 3 is 2.69 bits per heavy atom. The second-order valence-electron chi connectivity index (χ2n) is 3.57. The normalized spacial score (nSPS) is 12.5. The molecule has 0 unspecified atom stereocenters. The molecule has 1 heterocycles. The molecule has 0 radical (unpaired) electrons. The molecular weight excluding hydrogens is 288 g/mol. The second kappa shape index (κ2) is 6.37. The summed E-state index contributed by atoms with van der Waals surface area (Å²) in [5.41, 5.74) is 5.75. The SMILES string of the molecule is CC[C@H](N)C(=O)N(CC)Cc1ccc(Br)s1. The Balaban J connectivity index is 2.65. The number of amides is 1. The van der Waals surface area contributed by atoms with E-state index in [0.717, 1.165) is 3.79 Å². The van der Waals surface area contributed by atoms with Crippen LogP contribution in [0.3, 0.4) is 0 Å². The van der Waals surface area contributed by atoms with Crippen molar-refractivity contribution in [3.63, 3.8) is 0 Å². The molecule has 0 saturated heterocycles. The summed E-state index contributed by atoms with van der Waals surface area (Å²) in [5, 5.41) is 0. The van der Waals surface area contributed by atoms with E-state index >= 15 is 0 Å². The van der Waals surface area contributed by atoms with Gasteiger partial charge in [-0.1, -0.05) is 6.92 Å². The molecule has 5 heteroatoms. The Bertz CT molecular complexity index is 354. The van der Waals surface area contributed by atoms with Crippen molar-refractivity contribution in [2.45, 2.75) is 32.9 Å². The molecule has 1 aromatic heterocycles. The number of rotatable bonds is 5. The summed E-state index contributed by atoms with van der Waals surface area (Å²) in [7, 11) is 0. The minimum absolute atomic E-state index is 0.0366. The first-order chi connectivity index (χ1) is 7.58. The first-order valence-corrected chi connectivity index (χ1v) is 6.98. The average molecular weight is 305 g/mol. The average Bonchev–Trinajstić information content (AvgIpc) is 2.69. The number of hydrogen-bond donors (Lipinski definition) is 1. The maximum Gasteiger partial charge on any atom is 0.239 e. The summed E-state index contributed by atoms with van der Waals surface area (Å²) in [6.45, 7) is 5.25. The highest BCUT2D eigenvalue weighted by Crippen LogP contribution is 2.23. The molecule has 2 N–H and O–H groups in total. The lowest BCUT2D eigenvalue weighted by Gasteiger charge is -2.23. The standard InChI is InChI=1S/C11H17BrN2OS/c1-3-9(13)11(15)14(4-2)7-8-5-6-10(12)16-8/h5-6,9H,3-4,7,13H2,1-2H3/t9-/m0/s1. The zero-order chi connectivity index (χ0) is 12.1.